The van der Waals surface area contributed by atoms with Crippen LogP contribution in [0.3, 0.4) is 0 Å². The Hall–Kier alpha value is -9.32. The van der Waals surface area contributed by atoms with Gasteiger partial charge in [-0.05, 0) is 185 Å². The average molecular weight is 1110 g/mol. The largest absolute Gasteiger partial charge is 0.454 e. The lowest BCUT2D eigenvalue weighted by Gasteiger charge is -2.46. The maximum atomic E-state index is 7.30. The van der Waals surface area contributed by atoms with Crippen molar-refractivity contribution in [1.29, 1.82) is 0 Å². The van der Waals surface area contributed by atoms with Gasteiger partial charge in [0.05, 0.1) is 5.69 Å². The van der Waals surface area contributed by atoms with E-state index in [9.17, 15) is 0 Å². The smallest absolute Gasteiger partial charge is 0.333 e. The number of rotatable bonds is 7. The number of benzene rings is 11. The van der Waals surface area contributed by atoms with Crippen LogP contribution in [0.5, 0.6) is 0 Å². The van der Waals surface area contributed by atoms with Crippen LogP contribution in [0.2, 0.25) is 0 Å². The molecule has 1 aromatic heterocycles. The Morgan fingerprint density at radius 3 is 1.51 bits per heavy atom. The Kier molecular flexibility index (Phi) is 12.0. The molecule has 0 N–H and O–H groups in total. The summed E-state index contributed by atoms with van der Waals surface area (Å²) in [5, 5.41) is 2.21. The van der Waals surface area contributed by atoms with E-state index in [1.807, 2.05) is 0 Å². The van der Waals surface area contributed by atoms with Gasteiger partial charge < -0.3 is 19.0 Å². The molecule has 420 valence electrons. The highest BCUT2D eigenvalue weighted by Crippen LogP contribution is 2.57. The lowest BCUT2D eigenvalue weighted by atomic mass is 9.43. The second kappa shape index (κ2) is 19.4. The Morgan fingerprint density at radius 1 is 0.395 bits per heavy atom. The number of furan rings is 1. The van der Waals surface area contributed by atoms with E-state index in [2.05, 4.69) is 327 Å². The van der Waals surface area contributed by atoms with E-state index >= 15 is 0 Å². The van der Waals surface area contributed by atoms with E-state index in [4.69, 9.17) is 4.42 Å². The van der Waals surface area contributed by atoms with Gasteiger partial charge in [-0.1, -0.05) is 222 Å². The summed E-state index contributed by atoms with van der Waals surface area (Å²) in [6, 6.07) is 89.3. The quantitative estimate of drug-likeness (QED) is 0.148. The number of anilines is 8. The minimum absolute atomic E-state index is 0.0274. The predicted molar refractivity (Wildman–Crippen MR) is 367 cm³/mol. The molecule has 0 fully saturated rings. The van der Waals surface area contributed by atoms with Gasteiger partial charge in [-0.15, -0.1) is 0 Å². The minimum atomic E-state index is -0.322. The first-order chi connectivity index (χ1) is 41.3. The number of hydrogen-bond acceptors (Lipinski definition) is 4. The summed E-state index contributed by atoms with van der Waals surface area (Å²) < 4.78 is 7.30. The van der Waals surface area contributed by atoms with Crippen LogP contribution >= 0.6 is 0 Å². The highest BCUT2D eigenvalue weighted by Gasteiger charge is 2.48. The molecule has 11 aromatic carbocycles. The molecule has 86 heavy (non-hydrogen) atoms. The Morgan fingerprint density at radius 2 is 0.907 bits per heavy atom. The molecule has 12 aromatic rings. The van der Waals surface area contributed by atoms with E-state index in [-0.39, 0.29) is 28.5 Å². The first-order valence-corrected chi connectivity index (χ1v) is 30.7. The summed E-state index contributed by atoms with van der Waals surface area (Å²) in [7, 11) is 0. The zero-order chi connectivity index (χ0) is 59.2. The molecule has 0 saturated heterocycles. The summed E-state index contributed by atoms with van der Waals surface area (Å²) in [6.45, 7) is 25.3. The molecule has 3 aliphatic rings. The maximum absolute atomic E-state index is 7.30. The van der Waals surface area contributed by atoms with Crippen LogP contribution in [-0.4, -0.2) is 6.85 Å². The zero-order valence-electron chi connectivity index (χ0n) is 51.3. The molecule has 0 unspecified atom stereocenters. The molecule has 0 saturated carbocycles. The third-order valence-electron chi connectivity index (χ3n) is 18.9. The molecule has 0 spiro atoms. The lowest BCUT2D eigenvalue weighted by molar-refractivity contribution is 0.590. The predicted octanol–water partition coefficient (Wildman–Crippen LogP) is 21.3. The van der Waals surface area contributed by atoms with Gasteiger partial charge in [0.15, 0.2) is 5.58 Å². The van der Waals surface area contributed by atoms with Crippen molar-refractivity contribution >= 4 is 85.2 Å². The monoisotopic (exact) mass is 1110 g/mol. The maximum Gasteiger partial charge on any atom is 0.333 e. The fourth-order valence-corrected chi connectivity index (χ4v) is 14.2. The summed E-state index contributed by atoms with van der Waals surface area (Å²) >= 11 is 0. The van der Waals surface area contributed by atoms with Crippen molar-refractivity contribution in [2.45, 2.75) is 97.8 Å². The minimum Gasteiger partial charge on any atom is -0.454 e. The van der Waals surface area contributed by atoms with Gasteiger partial charge in [-0.3, -0.25) is 0 Å². The molecule has 0 amide bonds. The van der Waals surface area contributed by atoms with E-state index in [1.165, 1.54) is 88.9 Å². The standard InChI is InChI=1S/C81H72BN3O/c1-78(2,3)55-29-37-58(38-30-55)83(59-39-31-56(32-40-59)79(4,5)6)62-43-44-69-64(47-62)65-48-66-67-49-68-63-24-18-19-25-74(63)86-77(68)76-75(67)82(85(73(66)50-70(65)81(69,10)11)61-41-33-57(34-42-61)80(7,8)9)71-46-54(52-22-16-13-17-23-52)28-45-72(71)84(76)60-35-26-53(27-36-60)51-20-14-12-15-21-51/h12-50H,1-11H3. The van der Waals surface area contributed by atoms with Crippen molar-refractivity contribution in [3.8, 4) is 44.5 Å². The molecule has 2 aliphatic heterocycles. The van der Waals surface area contributed by atoms with Crippen LogP contribution < -0.4 is 25.5 Å². The van der Waals surface area contributed by atoms with Crippen LogP contribution in [0, 0.1) is 0 Å². The molecular formula is C81H72BN3O. The first-order valence-electron chi connectivity index (χ1n) is 30.7. The first kappa shape index (κ1) is 53.4. The van der Waals surface area contributed by atoms with Crippen molar-refractivity contribution in [3.05, 3.63) is 264 Å². The second-order valence-corrected chi connectivity index (χ2v) is 27.8. The van der Waals surface area contributed by atoms with Crippen molar-refractivity contribution in [3.63, 3.8) is 0 Å². The Labute approximate surface area is 508 Å². The second-order valence-electron chi connectivity index (χ2n) is 27.8. The molecule has 3 heterocycles. The van der Waals surface area contributed by atoms with Crippen LogP contribution in [-0.2, 0) is 21.7 Å². The van der Waals surface area contributed by atoms with Gasteiger partial charge in [0, 0.05) is 61.6 Å². The van der Waals surface area contributed by atoms with Gasteiger partial charge in [-0.2, -0.15) is 0 Å². The van der Waals surface area contributed by atoms with Crippen molar-refractivity contribution in [2.24, 2.45) is 0 Å². The summed E-state index contributed by atoms with van der Waals surface area (Å²) in [4.78, 5) is 7.65. The van der Waals surface area contributed by atoms with Gasteiger partial charge in [0.1, 0.15) is 5.58 Å². The lowest BCUT2D eigenvalue weighted by Crippen LogP contribution is -2.61. The van der Waals surface area contributed by atoms with Crippen molar-refractivity contribution in [1.82, 2.24) is 0 Å². The molecule has 5 heteroatoms. The topological polar surface area (TPSA) is 22.9 Å². The molecule has 15 rings (SSSR count). The van der Waals surface area contributed by atoms with E-state index in [1.54, 1.807) is 0 Å². The van der Waals surface area contributed by atoms with Crippen LogP contribution in [0.25, 0.3) is 66.4 Å². The normalized spacial score (nSPS) is 14.0. The highest BCUT2D eigenvalue weighted by molar-refractivity contribution is 6.94. The van der Waals surface area contributed by atoms with Gasteiger partial charge in [0.25, 0.3) is 0 Å². The zero-order valence-corrected chi connectivity index (χ0v) is 51.3. The summed E-state index contributed by atoms with van der Waals surface area (Å²) in [5.41, 5.74) is 29.2. The SMILES string of the molecule is CC(C)(C)c1ccc(N2B3c4cc(-c5ccccc5)ccc4N(c4ccc(-c5ccccc5)cc4)c4c3c(cc3c4oc4ccccc43)-c3cc4c(cc32)C(C)(C)c2ccc(N(c3ccc(C(C)(C)C)cc3)c3ccc(C(C)(C)C)cc3)cc2-4)cc1. The third kappa shape index (κ3) is 8.56. The van der Waals surface area contributed by atoms with Crippen LogP contribution in [0.15, 0.2) is 241 Å². The number of para-hydroxylation sites is 1. The van der Waals surface area contributed by atoms with Crippen molar-refractivity contribution in [2.75, 3.05) is 14.6 Å². The molecule has 1 aliphatic carbocycles. The van der Waals surface area contributed by atoms with E-state index < -0.39 is 0 Å². The fraction of sp³-hybridized carbons (Fsp3) is 0.185. The number of nitrogens with zero attached hydrogens (tertiary/aromatic N) is 3. The van der Waals surface area contributed by atoms with Crippen LogP contribution in [0.1, 0.15) is 104 Å². The Balaban J connectivity index is 1.01. The fourth-order valence-electron chi connectivity index (χ4n) is 14.2. The molecule has 0 bridgehead atoms. The van der Waals surface area contributed by atoms with Gasteiger partial charge >= 0.3 is 6.85 Å². The number of fused-ring (bicyclic) bond motifs is 11. The molecule has 0 radical (unpaired) electrons. The highest BCUT2D eigenvalue weighted by atomic mass is 16.3. The van der Waals surface area contributed by atoms with Gasteiger partial charge in [-0.25, -0.2) is 0 Å². The molecule has 4 nitrogen and oxygen atoms in total. The van der Waals surface area contributed by atoms with E-state index in [0.29, 0.717) is 0 Å². The molecular weight excluding hydrogens is 1040 g/mol. The van der Waals surface area contributed by atoms with E-state index in [0.717, 1.165) is 61.8 Å². The van der Waals surface area contributed by atoms with Gasteiger partial charge in [0.2, 0.25) is 0 Å². The Bertz CT molecular complexity index is 4580. The summed E-state index contributed by atoms with van der Waals surface area (Å²) in [6.07, 6.45) is 0. The summed E-state index contributed by atoms with van der Waals surface area (Å²) in [5.74, 6) is 0. The van der Waals surface area contributed by atoms with Crippen LogP contribution in [0.4, 0.5) is 45.5 Å². The number of hydrogen-bond donors (Lipinski definition) is 0. The van der Waals surface area contributed by atoms with Crippen molar-refractivity contribution < 1.29 is 4.42 Å². The average Bonchev–Trinajstić information content (AvgIpc) is 1.19. The third-order valence-corrected chi connectivity index (χ3v) is 18.9. The molecule has 0 atom stereocenters.